The Kier molecular flexibility index (Phi) is 3.92. The van der Waals surface area contributed by atoms with E-state index in [0.717, 1.165) is 23.7 Å². The lowest BCUT2D eigenvalue weighted by Crippen LogP contribution is -2.33. The number of aromatic nitrogens is 2. The Hall–Kier alpha value is -1.55. The molecule has 106 valence electrons. The fraction of sp³-hybridized carbons (Fsp3) is 0.467. The molecule has 3 rings (SSSR count). The van der Waals surface area contributed by atoms with Crippen LogP contribution in [0.1, 0.15) is 32.1 Å². The van der Waals surface area contributed by atoms with Crippen molar-refractivity contribution in [2.75, 3.05) is 0 Å². The summed E-state index contributed by atoms with van der Waals surface area (Å²) in [5.74, 6) is 0.113. The molecular formula is C15H18ClN3O. The van der Waals surface area contributed by atoms with Crippen molar-refractivity contribution in [3.63, 3.8) is 0 Å². The van der Waals surface area contributed by atoms with Crippen molar-refractivity contribution in [2.45, 2.75) is 44.7 Å². The standard InChI is InChI=1S/C15H18ClN3O/c16-13-6-3-7-14-12(13)10-17-19(14)9-8-15(20)18-11-4-1-2-5-11/h3,6-7,10-11H,1-2,4-5,8-9H2,(H,18,20). The first-order valence-corrected chi connectivity index (χ1v) is 7.51. The molecule has 20 heavy (non-hydrogen) atoms. The van der Waals surface area contributed by atoms with Gasteiger partial charge in [0, 0.05) is 17.8 Å². The Morgan fingerprint density at radius 3 is 3.00 bits per heavy atom. The van der Waals surface area contributed by atoms with Crippen molar-refractivity contribution in [3.05, 3.63) is 29.4 Å². The number of rotatable bonds is 4. The van der Waals surface area contributed by atoms with Crippen molar-refractivity contribution in [2.24, 2.45) is 0 Å². The van der Waals surface area contributed by atoms with Crippen molar-refractivity contribution in [1.29, 1.82) is 0 Å². The third-order valence-electron chi connectivity index (χ3n) is 3.91. The van der Waals surface area contributed by atoms with Gasteiger partial charge in [0.1, 0.15) is 0 Å². The third kappa shape index (κ3) is 2.80. The van der Waals surface area contributed by atoms with Gasteiger partial charge < -0.3 is 5.32 Å². The fourth-order valence-electron chi connectivity index (χ4n) is 2.82. The summed E-state index contributed by atoms with van der Waals surface area (Å²) in [5, 5.41) is 9.04. The highest BCUT2D eigenvalue weighted by atomic mass is 35.5. The number of hydrogen-bond donors (Lipinski definition) is 1. The number of fused-ring (bicyclic) bond motifs is 1. The van der Waals surface area contributed by atoms with Gasteiger partial charge in [-0.2, -0.15) is 5.10 Å². The molecular weight excluding hydrogens is 274 g/mol. The predicted molar refractivity (Wildman–Crippen MR) is 79.8 cm³/mol. The molecule has 1 aromatic heterocycles. The van der Waals surface area contributed by atoms with Crippen LogP contribution in [-0.4, -0.2) is 21.7 Å². The number of aryl methyl sites for hydroxylation is 1. The van der Waals surface area contributed by atoms with E-state index < -0.39 is 0 Å². The van der Waals surface area contributed by atoms with E-state index in [9.17, 15) is 4.79 Å². The predicted octanol–water partition coefficient (Wildman–Crippen LogP) is 3.14. The number of nitrogens with zero attached hydrogens (tertiary/aromatic N) is 2. The van der Waals surface area contributed by atoms with E-state index >= 15 is 0 Å². The van der Waals surface area contributed by atoms with Crippen LogP contribution in [0.15, 0.2) is 24.4 Å². The maximum absolute atomic E-state index is 11.9. The summed E-state index contributed by atoms with van der Waals surface area (Å²) < 4.78 is 1.84. The monoisotopic (exact) mass is 291 g/mol. The Balaban J connectivity index is 1.62. The Labute approximate surface area is 123 Å². The lowest BCUT2D eigenvalue weighted by molar-refractivity contribution is -0.122. The summed E-state index contributed by atoms with van der Waals surface area (Å²) in [6.45, 7) is 0.586. The lowest BCUT2D eigenvalue weighted by atomic mass is 10.2. The summed E-state index contributed by atoms with van der Waals surface area (Å²) >= 11 is 6.11. The number of halogens is 1. The van der Waals surface area contributed by atoms with Crippen LogP contribution < -0.4 is 5.32 Å². The molecule has 0 bridgehead atoms. The second kappa shape index (κ2) is 5.83. The molecule has 1 N–H and O–H groups in total. The van der Waals surface area contributed by atoms with Gasteiger partial charge >= 0.3 is 0 Å². The van der Waals surface area contributed by atoms with Crippen LogP contribution in [0.3, 0.4) is 0 Å². The molecule has 0 atom stereocenters. The zero-order valence-corrected chi connectivity index (χ0v) is 12.1. The van der Waals surface area contributed by atoms with E-state index in [1.165, 1.54) is 12.8 Å². The van der Waals surface area contributed by atoms with Crippen LogP contribution in [0.5, 0.6) is 0 Å². The minimum Gasteiger partial charge on any atom is -0.353 e. The number of carbonyl (C=O) groups is 1. The normalized spacial score (nSPS) is 15.8. The maximum Gasteiger partial charge on any atom is 0.222 e. The Bertz CT molecular complexity index is 617. The first kappa shape index (κ1) is 13.4. The second-order valence-electron chi connectivity index (χ2n) is 5.34. The molecule has 0 radical (unpaired) electrons. The fourth-order valence-corrected chi connectivity index (χ4v) is 3.04. The van der Waals surface area contributed by atoms with E-state index in [1.54, 1.807) is 6.20 Å². The van der Waals surface area contributed by atoms with Crippen LogP contribution >= 0.6 is 11.6 Å². The van der Waals surface area contributed by atoms with Crippen LogP contribution in [-0.2, 0) is 11.3 Å². The van der Waals surface area contributed by atoms with Crippen LogP contribution in [0.4, 0.5) is 0 Å². The highest BCUT2D eigenvalue weighted by Crippen LogP contribution is 2.23. The molecule has 1 fully saturated rings. The van der Waals surface area contributed by atoms with Gasteiger partial charge in [0.15, 0.2) is 0 Å². The van der Waals surface area contributed by atoms with Crippen molar-refractivity contribution in [1.82, 2.24) is 15.1 Å². The van der Waals surface area contributed by atoms with Gasteiger partial charge in [0.25, 0.3) is 0 Å². The number of carbonyl (C=O) groups excluding carboxylic acids is 1. The molecule has 0 spiro atoms. The maximum atomic E-state index is 11.9. The van der Waals surface area contributed by atoms with Gasteiger partial charge in [-0.1, -0.05) is 30.5 Å². The molecule has 0 saturated heterocycles. The molecule has 0 unspecified atom stereocenters. The third-order valence-corrected chi connectivity index (χ3v) is 4.23. The van der Waals surface area contributed by atoms with Gasteiger partial charge in [-0.25, -0.2) is 0 Å². The highest BCUT2D eigenvalue weighted by molar-refractivity contribution is 6.35. The first-order valence-electron chi connectivity index (χ1n) is 7.13. The molecule has 4 nitrogen and oxygen atoms in total. The van der Waals surface area contributed by atoms with Crippen LogP contribution in [0.2, 0.25) is 5.02 Å². The van der Waals surface area contributed by atoms with Crippen molar-refractivity contribution >= 4 is 28.4 Å². The van der Waals surface area contributed by atoms with Crippen molar-refractivity contribution < 1.29 is 4.79 Å². The minimum atomic E-state index is 0.113. The average molecular weight is 292 g/mol. The topological polar surface area (TPSA) is 46.9 Å². The number of nitrogens with one attached hydrogen (secondary N) is 1. The Morgan fingerprint density at radius 1 is 1.40 bits per heavy atom. The molecule has 1 aromatic carbocycles. The van der Waals surface area contributed by atoms with E-state index in [4.69, 9.17) is 11.6 Å². The smallest absolute Gasteiger partial charge is 0.222 e. The largest absolute Gasteiger partial charge is 0.353 e. The number of amides is 1. The zero-order chi connectivity index (χ0) is 13.9. The van der Waals surface area contributed by atoms with Crippen LogP contribution in [0.25, 0.3) is 10.9 Å². The van der Waals surface area contributed by atoms with E-state index in [1.807, 2.05) is 22.9 Å². The molecule has 1 aliphatic rings. The first-order chi connectivity index (χ1) is 9.74. The van der Waals surface area contributed by atoms with Gasteiger partial charge in [0.2, 0.25) is 5.91 Å². The number of hydrogen-bond acceptors (Lipinski definition) is 2. The lowest BCUT2D eigenvalue weighted by Gasteiger charge is -2.11. The molecule has 2 aromatic rings. The molecule has 1 aliphatic carbocycles. The zero-order valence-electron chi connectivity index (χ0n) is 11.3. The van der Waals surface area contributed by atoms with Gasteiger partial charge in [-0.3, -0.25) is 9.48 Å². The van der Waals surface area contributed by atoms with Gasteiger partial charge in [-0.05, 0) is 25.0 Å². The van der Waals surface area contributed by atoms with Gasteiger partial charge in [-0.15, -0.1) is 0 Å². The van der Waals surface area contributed by atoms with E-state index in [0.29, 0.717) is 24.0 Å². The molecule has 1 heterocycles. The molecule has 5 heteroatoms. The van der Waals surface area contributed by atoms with E-state index in [2.05, 4.69) is 10.4 Å². The highest BCUT2D eigenvalue weighted by Gasteiger charge is 2.17. The Morgan fingerprint density at radius 2 is 2.20 bits per heavy atom. The summed E-state index contributed by atoms with van der Waals surface area (Å²) in [6, 6.07) is 6.11. The average Bonchev–Trinajstić information content (AvgIpc) is 3.06. The SMILES string of the molecule is O=C(CCn1ncc2c(Cl)cccc21)NC1CCCC1. The van der Waals surface area contributed by atoms with Crippen LogP contribution in [0, 0.1) is 0 Å². The molecule has 1 amide bonds. The quantitative estimate of drug-likeness (QED) is 0.941. The summed E-state index contributed by atoms with van der Waals surface area (Å²) in [7, 11) is 0. The van der Waals surface area contributed by atoms with Gasteiger partial charge in [0.05, 0.1) is 23.3 Å². The van der Waals surface area contributed by atoms with Crippen molar-refractivity contribution in [3.8, 4) is 0 Å². The molecule has 1 saturated carbocycles. The number of benzene rings is 1. The second-order valence-corrected chi connectivity index (χ2v) is 5.75. The summed E-state index contributed by atoms with van der Waals surface area (Å²) in [6.07, 6.45) is 6.91. The summed E-state index contributed by atoms with van der Waals surface area (Å²) in [4.78, 5) is 11.9. The minimum absolute atomic E-state index is 0.113. The van der Waals surface area contributed by atoms with E-state index in [-0.39, 0.29) is 5.91 Å². The molecule has 0 aliphatic heterocycles. The summed E-state index contributed by atoms with van der Waals surface area (Å²) in [5.41, 5.74) is 0.978.